The number of ether oxygens (including phenoxy) is 3. The summed E-state index contributed by atoms with van der Waals surface area (Å²) in [5, 5.41) is 0. The maximum atomic E-state index is 13.2. The molecule has 4 heterocycles. The molecular weight excluding hydrogens is 390 g/mol. The monoisotopic (exact) mass is 405 g/mol. The Bertz CT molecular complexity index is 802. The first kappa shape index (κ1) is 15.7. The van der Waals surface area contributed by atoms with Crippen molar-refractivity contribution in [1.29, 1.82) is 0 Å². The Morgan fingerprint density at radius 1 is 1.04 bits per heavy atom. The fourth-order valence-corrected chi connectivity index (χ4v) is 4.78. The van der Waals surface area contributed by atoms with Crippen LogP contribution in [-0.4, -0.2) is 42.5 Å². The molecule has 0 spiro atoms. The third kappa shape index (κ3) is 1.89. The van der Waals surface area contributed by atoms with Crippen LogP contribution in [0.2, 0.25) is 0 Å². The molecule has 5 rings (SSSR count). The van der Waals surface area contributed by atoms with Crippen molar-refractivity contribution in [2.45, 2.75) is 24.4 Å². The minimum Gasteiger partial charge on any atom is -0.354 e. The van der Waals surface area contributed by atoms with Crippen molar-refractivity contribution in [3.05, 3.63) is 40.9 Å². The molecule has 0 radical (unpaired) electrons. The van der Waals surface area contributed by atoms with Crippen molar-refractivity contribution >= 4 is 33.4 Å². The Kier molecular flexibility index (Phi) is 3.14. The number of carbonyl (C=O) groups is 2. The van der Waals surface area contributed by atoms with Gasteiger partial charge in [-0.05, 0) is 37.3 Å². The zero-order valence-electron chi connectivity index (χ0n) is 13.5. The number of hydrogen-bond donors (Lipinski definition) is 0. The number of halogens is 1. The van der Waals surface area contributed by atoms with Gasteiger partial charge in [0.25, 0.3) is 0 Å². The summed E-state index contributed by atoms with van der Waals surface area (Å²) in [4.78, 5) is 27.7. The van der Waals surface area contributed by atoms with Gasteiger partial charge in [0.05, 0.1) is 36.3 Å². The number of benzene rings is 1. The minimum atomic E-state index is -1.03. The van der Waals surface area contributed by atoms with Crippen molar-refractivity contribution in [1.82, 2.24) is 0 Å². The van der Waals surface area contributed by atoms with Gasteiger partial charge in [-0.25, -0.2) is 4.90 Å². The summed E-state index contributed by atoms with van der Waals surface area (Å²) in [6, 6.07) is 7.14. The molecule has 6 nitrogen and oxygen atoms in total. The van der Waals surface area contributed by atoms with E-state index in [-0.39, 0.29) is 11.8 Å². The summed E-state index contributed by atoms with van der Waals surface area (Å²) in [5.41, 5.74) is -1.29. The molecule has 2 amide bonds. The van der Waals surface area contributed by atoms with Gasteiger partial charge in [-0.3, -0.25) is 9.59 Å². The zero-order valence-corrected chi connectivity index (χ0v) is 15.1. The average molecular weight is 406 g/mol. The number of fused-ring (bicyclic) bond motifs is 5. The molecule has 4 aliphatic heterocycles. The molecule has 3 fully saturated rings. The normalized spacial score (nSPS) is 39.7. The van der Waals surface area contributed by atoms with E-state index in [1.807, 2.05) is 31.2 Å². The van der Waals surface area contributed by atoms with Crippen LogP contribution >= 0.6 is 15.9 Å². The van der Waals surface area contributed by atoms with Crippen molar-refractivity contribution in [2.75, 3.05) is 18.1 Å². The fraction of sp³-hybridized carbons (Fsp3) is 0.444. The fourth-order valence-electron chi connectivity index (χ4n) is 4.52. The van der Waals surface area contributed by atoms with Crippen LogP contribution in [0.1, 0.15) is 6.92 Å². The van der Waals surface area contributed by atoms with Crippen molar-refractivity contribution in [3.63, 3.8) is 0 Å². The molecule has 4 aliphatic rings. The van der Waals surface area contributed by atoms with Crippen LogP contribution in [0, 0.1) is 11.8 Å². The van der Waals surface area contributed by atoms with E-state index in [1.54, 1.807) is 12.1 Å². The lowest BCUT2D eigenvalue weighted by molar-refractivity contribution is -0.190. The van der Waals surface area contributed by atoms with Crippen LogP contribution in [-0.2, 0) is 23.8 Å². The van der Waals surface area contributed by atoms with Gasteiger partial charge in [0.2, 0.25) is 11.8 Å². The van der Waals surface area contributed by atoms with Crippen LogP contribution in [0.3, 0.4) is 0 Å². The quantitative estimate of drug-likeness (QED) is 0.556. The predicted molar refractivity (Wildman–Crippen MR) is 90.7 cm³/mol. The number of rotatable bonds is 2. The summed E-state index contributed by atoms with van der Waals surface area (Å²) in [6.45, 7) is 2.76. The second kappa shape index (κ2) is 5.01. The predicted octanol–water partition coefficient (Wildman–Crippen LogP) is 2.03. The molecule has 0 N–H and O–H groups in total. The molecule has 4 unspecified atom stereocenters. The highest BCUT2D eigenvalue weighted by Gasteiger charge is 2.75. The van der Waals surface area contributed by atoms with Crippen LogP contribution in [0.5, 0.6) is 0 Å². The summed E-state index contributed by atoms with van der Waals surface area (Å²) < 4.78 is 18.4. The molecule has 7 heteroatoms. The Hall–Kier alpha value is -1.54. The largest absolute Gasteiger partial charge is 0.354 e. The number of amides is 2. The van der Waals surface area contributed by atoms with Gasteiger partial charge in [0.1, 0.15) is 0 Å². The van der Waals surface area contributed by atoms with Gasteiger partial charge in [0, 0.05) is 4.47 Å². The summed E-state index contributed by atoms with van der Waals surface area (Å²) in [6.07, 6.45) is 3.05. The Morgan fingerprint density at radius 2 is 1.68 bits per heavy atom. The summed E-state index contributed by atoms with van der Waals surface area (Å²) in [7, 11) is 0. The van der Waals surface area contributed by atoms with Gasteiger partial charge in [-0.1, -0.05) is 22.0 Å². The first-order valence-corrected chi connectivity index (χ1v) is 9.03. The standard InChI is InChI=1S/C18H16BrNO5/c1-17-6-7-18(25-17,16-23-8-9-24-16)13-12(17)14(21)20(15(13)22)11-4-2-10(19)3-5-11/h2-7,12-13,16H,8-9H2,1H3. The zero-order chi connectivity index (χ0) is 17.4. The van der Waals surface area contributed by atoms with E-state index in [1.165, 1.54) is 4.90 Å². The van der Waals surface area contributed by atoms with E-state index >= 15 is 0 Å². The Balaban J connectivity index is 1.59. The van der Waals surface area contributed by atoms with Crippen molar-refractivity contribution in [2.24, 2.45) is 11.8 Å². The maximum Gasteiger partial charge on any atom is 0.241 e. The second-order valence-electron chi connectivity index (χ2n) is 6.99. The summed E-state index contributed by atoms with van der Waals surface area (Å²) in [5.74, 6) is -1.70. The van der Waals surface area contributed by atoms with Crippen LogP contribution in [0.15, 0.2) is 40.9 Å². The third-order valence-electron chi connectivity index (χ3n) is 5.56. The van der Waals surface area contributed by atoms with Gasteiger partial charge < -0.3 is 14.2 Å². The van der Waals surface area contributed by atoms with Gasteiger partial charge in [0.15, 0.2) is 11.9 Å². The smallest absolute Gasteiger partial charge is 0.241 e. The van der Waals surface area contributed by atoms with Gasteiger partial charge in [-0.15, -0.1) is 0 Å². The number of carbonyl (C=O) groups excluding carboxylic acids is 2. The lowest BCUT2D eigenvalue weighted by Gasteiger charge is -2.32. The molecule has 0 aliphatic carbocycles. The van der Waals surface area contributed by atoms with Crippen molar-refractivity contribution in [3.8, 4) is 0 Å². The van der Waals surface area contributed by atoms with E-state index < -0.39 is 29.3 Å². The lowest BCUT2D eigenvalue weighted by atomic mass is 9.72. The number of anilines is 1. The molecule has 4 atom stereocenters. The topological polar surface area (TPSA) is 65.1 Å². The molecule has 0 aromatic heterocycles. The van der Waals surface area contributed by atoms with Gasteiger partial charge >= 0.3 is 0 Å². The minimum absolute atomic E-state index is 0.232. The van der Waals surface area contributed by atoms with Crippen LogP contribution < -0.4 is 4.90 Å². The molecule has 25 heavy (non-hydrogen) atoms. The SMILES string of the molecule is CC12C=CC(C3OCCO3)(O1)C1C(=O)N(c3ccc(Br)cc3)C(=O)C12. The highest BCUT2D eigenvalue weighted by molar-refractivity contribution is 9.10. The number of nitrogens with zero attached hydrogens (tertiary/aromatic N) is 1. The second-order valence-corrected chi connectivity index (χ2v) is 7.91. The van der Waals surface area contributed by atoms with Crippen molar-refractivity contribution < 1.29 is 23.8 Å². The van der Waals surface area contributed by atoms with Gasteiger partial charge in [-0.2, -0.15) is 0 Å². The Labute approximate surface area is 152 Å². The third-order valence-corrected chi connectivity index (χ3v) is 6.08. The summed E-state index contributed by atoms with van der Waals surface area (Å²) >= 11 is 3.37. The van der Waals surface area contributed by atoms with E-state index in [9.17, 15) is 9.59 Å². The van der Waals surface area contributed by atoms with Crippen LogP contribution in [0.4, 0.5) is 5.69 Å². The first-order valence-electron chi connectivity index (χ1n) is 8.23. The molecular formula is C18H16BrNO5. The van der Waals surface area contributed by atoms with E-state index in [4.69, 9.17) is 14.2 Å². The molecule has 2 bridgehead atoms. The first-order chi connectivity index (χ1) is 12.0. The molecule has 0 saturated carbocycles. The highest BCUT2D eigenvalue weighted by atomic mass is 79.9. The van der Waals surface area contributed by atoms with E-state index in [2.05, 4.69) is 15.9 Å². The lowest BCUT2D eigenvalue weighted by Crippen LogP contribution is -2.49. The average Bonchev–Trinajstić information content (AvgIpc) is 3.31. The maximum absolute atomic E-state index is 13.2. The molecule has 130 valence electrons. The van der Waals surface area contributed by atoms with Crippen LogP contribution in [0.25, 0.3) is 0 Å². The Morgan fingerprint density at radius 3 is 2.36 bits per heavy atom. The highest BCUT2D eigenvalue weighted by Crippen LogP contribution is 2.59. The van der Waals surface area contributed by atoms with E-state index in [0.29, 0.717) is 18.9 Å². The number of imide groups is 1. The van der Waals surface area contributed by atoms with E-state index in [0.717, 1.165) is 4.47 Å². The molecule has 1 aromatic rings. The molecule has 3 saturated heterocycles. The molecule has 1 aromatic carbocycles. The number of hydrogen-bond acceptors (Lipinski definition) is 5.